The Morgan fingerprint density at radius 1 is 1.32 bits per heavy atom. The fraction of sp³-hybridized carbons (Fsp3) is 0.647. The van der Waals surface area contributed by atoms with Crippen LogP contribution in [0.15, 0.2) is 23.2 Å². The molecule has 0 spiro atoms. The Morgan fingerprint density at radius 3 is 2.84 bits per heavy atom. The van der Waals surface area contributed by atoms with Gasteiger partial charge < -0.3 is 19.7 Å². The molecular formula is C17H24N6O2. The normalized spacial score (nSPS) is 25.2. The van der Waals surface area contributed by atoms with Gasteiger partial charge in [-0.1, -0.05) is 18.0 Å². The van der Waals surface area contributed by atoms with Gasteiger partial charge in [-0.3, -0.25) is 0 Å². The molecule has 2 N–H and O–H groups in total. The molecule has 2 aliphatic carbocycles. The van der Waals surface area contributed by atoms with Crippen molar-refractivity contribution in [3.8, 4) is 0 Å². The van der Waals surface area contributed by atoms with Gasteiger partial charge in [0.05, 0.1) is 18.4 Å². The monoisotopic (exact) mass is 344 g/mol. The van der Waals surface area contributed by atoms with E-state index in [1.165, 1.54) is 0 Å². The average Bonchev–Trinajstić information content (AvgIpc) is 3.34. The lowest BCUT2D eigenvalue weighted by molar-refractivity contribution is 0.214. The van der Waals surface area contributed by atoms with Crippen molar-refractivity contribution in [3.63, 3.8) is 0 Å². The fourth-order valence-electron chi connectivity index (χ4n) is 4.23. The molecule has 4 rings (SSSR count). The number of carbonyl (C=O) groups is 1. The van der Waals surface area contributed by atoms with Crippen LogP contribution in [0.2, 0.25) is 0 Å². The Balaban J connectivity index is 1.45. The SMILES string of the molecule is Cc1nc(C2(NC(=O)N[C@H]3CCC[C@H]3n3ccnc3)CCCC2)no1. The van der Waals surface area contributed by atoms with E-state index in [0.717, 1.165) is 44.9 Å². The number of aryl methyl sites for hydroxylation is 1. The van der Waals surface area contributed by atoms with Gasteiger partial charge in [0, 0.05) is 19.3 Å². The zero-order chi connectivity index (χ0) is 17.3. The van der Waals surface area contributed by atoms with Crippen molar-refractivity contribution in [2.45, 2.75) is 69.5 Å². The van der Waals surface area contributed by atoms with Gasteiger partial charge >= 0.3 is 6.03 Å². The maximum Gasteiger partial charge on any atom is 0.315 e. The lowest BCUT2D eigenvalue weighted by atomic mass is 9.97. The minimum atomic E-state index is -0.509. The summed E-state index contributed by atoms with van der Waals surface area (Å²) in [5.74, 6) is 1.12. The zero-order valence-electron chi connectivity index (χ0n) is 14.4. The van der Waals surface area contributed by atoms with Crippen LogP contribution in [0.4, 0.5) is 4.79 Å². The first kappa shape index (κ1) is 16.1. The average molecular weight is 344 g/mol. The number of rotatable bonds is 4. The van der Waals surface area contributed by atoms with Crippen LogP contribution < -0.4 is 10.6 Å². The summed E-state index contributed by atoms with van der Waals surface area (Å²) in [6.07, 6.45) is 12.5. The highest BCUT2D eigenvalue weighted by atomic mass is 16.5. The number of nitrogens with zero attached hydrogens (tertiary/aromatic N) is 4. The second-order valence-corrected chi connectivity index (χ2v) is 7.14. The number of aromatic nitrogens is 4. The van der Waals surface area contributed by atoms with Crippen molar-refractivity contribution in [2.24, 2.45) is 0 Å². The van der Waals surface area contributed by atoms with Crippen LogP contribution in [0.3, 0.4) is 0 Å². The lowest BCUT2D eigenvalue weighted by Gasteiger charge is -2.29. The van der Waals surface area contributed by atoms with Gasteiger partial charge in [-0.05, 0) is 32.1 Å². The summed E-state index contributed by atoms with van der Waals surface area (Å²) in [6.45, 7) is 1.77. The topological polar surface area (TPSA) is 97.9 Å². The second kappa shape index (κ2) is 6.50. The van der Waals surface area contributed by atoms with E-state index in [2.05, 4.69) is 30.3 Å². The lowest BCUT2D eigenvalue weighted by Crippen LogP contribution is -2.52. The molecule has 2 saturated carbocycles. The van der Waals surface area contributed by atoms with Crippen LogP contribution in [0.1, 0.15) is 62.7 Å². The van der Waals surface area contributed by atoms with E-state index in [-0.39, 0.29) is 18.1 Å². The summed E-state index contributed by atoms with van der Waals surface area (Å²) in [4.78, 5) is 21.2. The number of nitrogens with one attached hydrogen (secondary N) is 2. The van der Waals surface area contributed by atoms with Gasteiger partial charge in [-0.2, -0.15) is 4.98 Å². The highest BCUT2D eigenvalue weighted by Crippen LogP contribution is 2.37. The summed E-state index contributed by atoms with van der Waals surface area (Å²) >= 11 is 0. The Hall–Kier alpha value is -2.38. The molecule has 8 nitrogen and oxygen atoms in total. The molecule has 2 atom stereocenters. The maximum atomic E-state index is 12.7. The third-order valence-corrected chi connectivity index (χ3v) is 5.47. The van der Waals surface area contributed by atoms with Gasteiger partial charge in [0.2, 0.25) is 5.89 Å². The molecule has 0 bridgehead atoms. The highest BCUT2D eigenvalue weighted by molar-refractivity contribution is 5.75. The second-order valence-electron chi connectivity index (χ2n) is 7.14. The molecule has 2 aliphatic rings. The molecular weight excluding hydrogens is 320 g/mol. The largest absolute Gasteiger partial charge is 0.340 e. The molecule has 2 fully saturated rings. The van der Waals surface area contributed by atoms with Crippen LogP contribution >= 0.6 is 0 Å². The molecule has 0 aliphatic heterocycles. The van der Waals surface area contributed by atoms with Crippen molar-refractivity contribution in [2.75, 3.05) is 0 Å². The number of hydrogen-bond acceptors (Lipinski definition) is 5. The quantitative estimate of drug-likeness (QED) is 0.888. The minimum absolute atomic E-state index is 0.111. The van der Waals surface area contributed by atoms with Crippen molar-refractivity contribution < 1.29 is 9.32 Å². The van der Waals surface area contributed by atoms with Crippen molar-refractivity contribution in [1.29, 1.82) is 0 Å². The molecule has 0 unspecified atom stereocenters. The summed E-state index contributed by atoms with van der Waals surface area (Å²) < 4.78 is 7.23. The third-order valence-electron chi connectivity index (χ3n) is 5.47. The van der Waals surface area contributed by atoms with E-state index >= 15 is 0 Å². The molecule has 0 radical (unpaired) electrons. The van der Waals surface area contributed by atoms with E-state index in [1.54, 1.807) is 13.1 Å². The van der Waals surface area contributed by atoms with E-state index in [9.17, 15) is 4.79 Å². The Bertz CT molecular complexity index is 719. The first-order valence-corrected chi connectivity index (χ1v) is 9.03. The maximum absolute atomic E-state index is 12.7. The summed E-state index contributed by atoms with van der Waals surface area (Å²) in [6, 6.07) is 0.223. The smallest absolute Gasteiger partial charge is 0.315 e. The fourth-order valence-corrected chi connectivity index (χ4v) is 4.23. The van der Waals surface area contributed by atoms with E-state index in [1.807, 2.05) is 12.5 Å². The first-order valence-electron chi connectivity index (χ1n) is 9.03. The Kier molecular flexibility index (Phi) is 4.19. The molecule has 2 aromatic rings. The highest BCUT2D eigenvalue weighted by Gasteiger charge is 2.42. The predicted octanol–water partition coefficient (Wildman–Crippen LogP) is 2.44. The van der Waals surface area contributed by atoms with Crippen LogP contribution in [0.5, 0.6) is 0 Å². The summed E-state index contributed by atoms with van der Waals surface area (Å²) in [7, 11) is 0. The number of amides is 2. The van der Waals surface area contributed by atoms with E-state index in [4.69, 9.17) is 4.52 Å². The molecule has 0 saturated heterocycles. The predicted molar refractivity (Wildman–Crippen MR) is 89.8 cm³/mol. The molecule has 8 heteroatoms. The minimum Gasteiger partial charge on any atom is -0.340 e. The number of imidazole rings is 1. The zero-order valence-corrected chi connectivity index (χ0v) is 14.4. The number of urea groups is 1. The van der Waals surface area contributed by atoms with Crippen LogP contribution in [0, 0.1) is 6.92 Å². The number of carbonyl (C=O) groups excluding carboxylic acids is 1. The van der Waals surface area contributed by atoms with Crippen LogP contribution in [-0.4, -0.2) is 31.8 Å². The Labute approximate surface area is 146 Å². The number of hydrogen-bond donors (Lipinski definition) is 2. The molecule has 2 amide bonds. The van der Waals surface area contributed by atoms with E-state index in [0.29, 0.717) is 11.7 Å². The van der Waals surface area contributed by atoms with Gasteiger partial charge in [-0.25, -0.2) is 9.78 Å². The molecule has 0 aromatic carbocycles. The van der Waals surface area contributed by atoms with Gasteiger partial charge in [0.15, 0.2) is 5.82 Å². The van der Waals surface area contributed by atoms with Crippen LogP contribution in [-0.2, 0) is 5.54 Å². The molecule has 134 valence electrons. The summed E-state index contributed by atoms with van der Waals surface area (Å²) in [5, 5.41) is 10.4. The standard InChI is InChI=1S/C17H24N6O2/c1-12-19-15(22-25-12)17(7-2-3-8-17)21-16(24)20-13-5-4-6-14(13)23-10-9-18-11-23/h9-11,13-14H,2-8H2,1H3,(H2,20,21,24)/t13-,14+/m0/s1. The van der Waals surface area contributed by atoms with Crippen molar-refractivity contribution in [1.82, 2.24) is 30.3 Å². The van der Waals surface area contributed by atoms with Crippen molar-refractivity contribution in [3.05, 3.63) is 30.4 Å². The third kappa shape index (κ3) is 3.12. The Morgan fingerprint density at radius 2 is 2.16 bits per heavy atom. The summed E-state index contributed by atoms with van der Waals surface area (Å²) in [5.41, 5.74) is -0.509. The van der Waals surface area contributed by atoms with E-state index < -0.39 is 5.54 Å². The van der Waals surface area contributed by atoms with Crippen LogP contribution in [0.25, 0.3) is 0 Å². The molecule has 25 heavy (non-hydrogen) atoms. The van der Waals surface area contributed by atoms with Gasteiger partial charge in [0.25, 0.3) is 0 Å². The molecule has 2 aromatic heterocycles. The van der Waals surface area contributed by atoms with Gasteiger partial charge in [-0.15, -0.1) is 0 Å². The van der Waals surface area contributed by atoms with Gasteiger partial charge in [0.1, 0.15) is 5.54 Å². The van der Waals surface area contributed by atoms with Crippen molar-refractivity contribution >= 4 is 6.03 Å². The molecule has 2 heterocycles. The first-order chi connectivity index (χ1) is 12.2.